The molecule has 1 aromatic carbocycles. The molecule has 1 rings (SSSR count). The Balaban J connectivity index is 2.63. The van der Waals surface area contributed by atoms with Gasteiger partial charge in [-0.15, -0.1) is 0 Å². The number of aliphatic carboxylic acids is 1. The molecule has 3 N–H and O–H groups in total. The van der Waals surface area contributed by atoms with Crippen LogP contribution in [-0.2, 0) is 9.59 Å². The third kappa shape index (κ3) is 5.54. The Hall–Kier alpha value is -1.86. The Morgan fingerprint density at radius 1 is 1.26 bits per heavy atom. The molecule has 6 nitrogen and oxygen atoms in total. The van der Waals surface area contributed by atoms with Crippen molar-refractivity contribution < 1.29 is 19.5 Å². The number of anilines is 1. The number of carbonyl (C=O) groups is 3. The summed E-state index contributed by atoms with van der Waals surface area (Å²) in [4.78, 5) is 32.8. The van der Waals surface area contributed by atoms with E-state index in [0.29, 0.717) is 21.3 Å². The average Bonchev–Trinajstić information content (AvgIpc) is 2.31. The second-order valence-electron chi connectivity index (χ2n) is 3.24. The normalized spacial score (nSPS) is 10.2. The number of hydrogen-bond donors (Lipinski definition) is 3. The Morgan fingerprint density at radius 3 is 2.58 bits per heavy atom. The fraction of sp³-hybridized carbons (Fsp3) is 0. The van der Waals surface area contributed by atoms with Crippen LogP contribution in [0, 0.1) is 0 Å². The fourth-order valence-corrected chi connectivity index (χ4v) is 1.57. The topological polar surface area (TPSA) is 95.5 Å². The van der Waals surface area contributed by atoms with Crippen LogP contribution in [0.15, 0.2) is 34.8 Å². The predicted molar refractivity (Wildman–Crippen MR) is 73.1 cm³/mol. The fourth-order valence-electron chi connectivity index (χ4n) is 1.05. The van der Waals surface area contributed by atoms with Gasteiger partial charge < -0.3 is 10.4 Å². The number of carboxylic acid groups (broad SMARTS) is 1. The molecule has 0 saturated heterocycles. The zero-order valence-electron chi connectivity index (χ0n) is 9.31. The van der Waals surface area contributed by atoms with E-state index in [-0.39, 0.29) is 0 Å². The Kier molecular flexibility index (Phi) is 5.53. The van der Waals surface area contributed by atoms with Gasteiger partial charge in [-0.25, -0.2) is 9.59 Å². The first kappa shape index (κ1) is 15.2. The van der Waals surface area contributed by atoms with E-state index in [9.17, 15) is 14.4 Å². The molecular formula is C11H8BrClN2O4. The van der Waals surface area contributed by atoms with E-state index in [2.05, 4.69) is 21.2 Å². The lowest BCUT2D eigenvalue weighted by Gasteiger charge is -2.07. The van der Waals surface area contributed by atoms with Gasteiger partial charge in [0.05, 0.1) is 5.69 Å². The highest BCUT2D eigenvalue weighted by molar-refractivity contribution is 9.10. The Labute approximate surface area is 121 Å². The highest BCUT2D eigenvalue weighted by Gasteiger charge is 2.08. The molecular weight excluding hydrogens is 339 g/mol. The van der Waals surface area contributed by atoms with Gasteiger partial charge in [-0.1, -0.05) is 11.6 Å². The van der Waals surface area contributed by atoms with Gasteiger partial charge in [-0.05, 0) is 34.1 Å². The first-order valence-electron chi connectivity index (χ1n) is 4.86. The maximum Gasteiger partial charge on any atom is 0.328 e. The summed E-state index contributed by atoms with van der Waals surface area (Å²) in [5.41, 5.74) is 0.375. The van der Waals surface area contributed by atoms with Crippen LogP contribution in [-0.4, -0.2) is 23.0 Å². The van der Waals surface area contributed by atoms with Crippen LogP contribution in [0.2, 0.25) is 5.02 Å². The second kappa shape index (κ2) is 6.91. The van der Waals surface area contributed by atoms with Crippen LogP contribution in [0.5, 0.6) is 0 Å². The lowest BCUT2D eigenvalue weighted by atomic mass is 10.3. The lowest BCUT2D eigenvalue weighted by molar-refractivity contribution is -0.131. The number of carboxylic acids is 1. The van der Waals surface area contributed by atoms with Crippen molar-refractivity contribution in [1.82, 2.24) is 5.32 Å². The number of benzene rings is 1. The quantitative estimate of drug-likeness (QED) is 0.732. The van der Waals surface area contributed by atoms with Crippen LogP contribution in [0.4, 0.5) is 10.5 Å². The summed E-state index contributed by atoms with van der Waals surface area (Å²) >= 11 is 8.95. The van der Waals surface area contributed by atoms with Gasteiger partial charge in [0, 0.05) is 21.6 Å². The third-order valence-electron chi connectivity index (χ3n) is 1.79. The summed E-state index contributed by atoms with van der Waals surface area (Å²) in [5.74, 6) is -2.13. The number of carbonyl (C=O) groups excluding carboxylic acids is 2. The summed E-state index contributed by atoms with van der Waals surface area (Å²) < 4.78 is 0.584. The van der Waals surface area contributed by atoms with E-state index in [4.69, 9.17) is 16.7 Å². The van der Waals surface area contributed by atoms with Crippen LogP contribution in [0.3, 0.4) is 0 Å². The van der Waals surface area contributed by atoms with Crippen LogP contribution in [0.1, 0.15) is 0 Å². The van der Waals surface area contributed by atoms with Crippen molar-refractivity contribution in [3.05, 3.63) is 39.8 Å². The number of amides is 3. The van der Waals surface area contributed by atoms with E-state index in [0.717, 1.165) is 6.08 Å². The summed E-state index contributed by atoms with van der Waals surface area (Å²) in [6, 6.07) is 3.94. The molecule has 8 heteroatoms. The summed E-state index contributed by atoms with van der Waals surface area (Å²) in [7, 11) is 0. The highest BCUT2D eigenvalue weighted by atomic mass is 79.9. The van der Waals surface area contributed by atoms with Crippen molar-refractivity contribution in [1.29, 1.82) is 0 Å². The zero-order valence-corrected chi connectivity index (χ0v) is 11.7. The van der Waals surface area contributed by atoms with Gasteiger partial charge in [0.2, 0.25) is 0 Å². The van der Waals surface area contributed by atoms with Gasteiger partial charge in [0.25, 0.3) is 5.91 Å². The minimum atomic E-state index is -1.28. The van der Waals surface area contributed by atoms with Crippen LogP contribution in [0.25, 0.3) is 0 Å². The molecule has 0 aliphatic heterocycles. The van der Waals surface area contributed by atoms with Crippen molar-refractivity contribution in [2.75, 3.05) is 5.32 Å². The molecule has 0 aromatic heterocycles. The van der Waals surface area contributed by atoms with Gasteiger partial charge >= 0.3 is 12.0 Å². The Morgan fingerprint density at radius 2 is 1.95 bits per heavy atom. The predicted octanol–water partition coefficient (Wildman–Crippen LogP) is 2.39. The summed E-state index contributed by atoms with van der Waals surface area (Å²) in [5, 5.41) is 13.0. The number of rotatable bonds is 3. The number of nitrogens with one attached hydrogen (secondary N) is 2. The van der Waals surface area contributed by atoms with Crippen LogP contribution < -0.4 is 10.6 Å². The molecule has 19 heavy (non-hydrogen) atoms. The van der Waals surface area contributed by atoms with Gasteiger partial charge in [-0.2, -0.15) is 0 Å². The van der Waals surface area contributed by atoms with E-state index >= 15 is 0 Å². The second-order valence-corrected chi connectivity index (χ2v) is 4.53. The molecule has 0 atom stereocenters. The van der Waals surface area contributed by atoms with E-state index in [1.165, 1.54) is 6.07 Å². The maximum atomic E-state index is 11.4. The first-order chi connectivity index (χ1) is 8.88. The minimum absolute atomic E-state index is 0.375. The average molecular weight is 348 g/mol. The van der Waals surface area contributed by atoms with E-state index < -0.39 is 17.9 Å². The van der Waals surface area contributed by atoms with Crippen molar-refractivity contribution in [3.8, 4) is 0 Å². The third-order valence-corrected chi connectivity index (χ3v) is 2.72. The zero-order chi connectivity index (χ0) is 14.4. The molecule has 0 saturated carbocycles. The van der Waals surface area contributed by atoms with Gasteiger partial charge in [0.1, 0.15) is 0 Å². The number of halogens is 2. The molecule has 0 bridgehead atoms. The highest BCUT2D eigenvalue weighted by Crippen LogP contribution is 2.25. The molecule has 1 aromatic rings. The van der Waals surface area contributed by atoms with E-state index in [1.54, 1.807) is 12.1 Å². The summed E-state index contributed by atoms with van der Waals surface area (Å²) in [6.07, 6.45) is 1.35. The molecule has 0 spiro atoms. The van der Waals surface area contributed by atoms with Crippen molar-refractivity contribution in [2.45, 2.75) is 0 Å². The van der Waals surface area contributed by atoms with Gasteiger partial charge in [-0.3, -0.25) is 10.1 Å². The molecule has 0 aliphatic carbocycles. The molecule has 100 valence electrons. The minimum Gasteiger partial charge on any atom is -0.478 e. The molecule has 0 unspecified atom stereocenters. The summed E-state index contributed by atoms with van der Waals surface area (Å²) in [6.45, 7) is 0. The maximum absolute atomic E-state index is 11.4. The molecule has 0 aliphatic rings. The number of hydrogen-bond acceptors (Lipinski definition) is 3. The van der Waals surface area contributed by atoms with Crippen molar-refractivity contribution in [2.24, 2.45) is 0 Å². The largest absolute Gasteiger partial charge is 0.478 e. The molecule has 3 amide bonds. The van der Waals surface area contributed by atoms with Crippen molar-refractivity contribution in [3.63, 3.8) is 0 Å². The van der Waals surface area contributed by atoms with E-state index in [1.807, 2.05) is 5.32 Å². The molecule has 0 radical (unpaired) electrons. The standard InChI is InChI=1S/C11H8BrClN2O4/c12-7-2-1-6(13)5-8(7)14-11(19)15-9(16)3-4-10(17)18/h1-5H,(H,17,18)(H2,14,15,16,19)/b4-3+. The smallest absolute Gasteiger partial charge is 0.328 e. The Bertz CT molecular complexity index is 560. The number of urea groups is 1. The van der Waals surface area contributed by atoms with Gasteiger partial charge in [0.15, 0.2) is 0 Å². The SMILES string of the molecule is O=C(O)/C=C/C(=O)NC(=O)Nc1cc(Cl)ccc1Br. The number of imide groups is 1. The molecule has 0 heterocycles. The molecule has 0 fully saturated rings. The van der Waals surface area contributed by atoms with Crippen molar-refractivity contribution >= 4 is 51.1 Å². The van der Waals surface area contributed by atoms with Crippen LogP contribution >= 0.6 is 27.5 Å². The monoisotopic (exact) mass is 346 g/mol. The first-order valence-corrected chi connectivity index (χ1v) is 6.03. The lowest BCUT2D eigenvalue weighted by Crippen LogP contribution is -2.33.